The molecule has 1 heterocycles. The summed E-state index contributed by atoms with van der Waals surface area (Å²) in [5.41, 5.74) is 1.24. The van der Waals surface area contributed by atoms with E-state index in [0.29, 0.717) is 29.3 Å². The highest BCUT2D eigenvalue weighted by Gasteiger charge is 2.19. The first kappa shape index (κ1) is 15.5. The van der Waals surface area contributed by atoms with Crippen molar-refractivity contribution >= 4 is 21.4 Å². The lowest BCUT2D eigenvalue weighted by Gasteiger charge is -2.04. The summed E-state index contributed by atoms with van der Waals surface area (Å²) in [5, 5.41) is 13.1. The molecule has 0 radical (unpaired) electrons. The number of aliphatic hydroxyl groups excluding tert-OH is 1. The van der Waals surface area contributed by atoms with Gasteiger partial charge in [-0.05, 0) is 19.8 Å². The Balaban J connectivity index is 2.65. The molecule has 0 unspecified atom stereocenters. The lowest BCUT2D eigenvalue weighted by Crippen LogP contribution is -2.10. The highest BCUT2D eigenvalue weighted by molar-refractivity contribution is 7.90. The second-order valence-electron chi connectivity index (χ2n) is 4.35. The van der Waals surface area contributed by atoms with E-state index in [1.807, 2.05) is 0 Å². The molecular formula is C11H19ClN2O3S. The molecule has 1 rings (SSSR count). The molecule has 18 heavy (non-hydrogen) atoms. The van der Waals surface area contributed by atoms with Crippen molar-refractivity contribution in [1.29, 1.82) is 0 Å². The van der Waals surface area contributed by atoms with Crippen LogP contribution in [-0.4, -0.2) is 35.7 Å². The zero-order chi connectivity index (χ0) is 13.8. The molecule has 1 aromatic rings. The highest BCUT2D eigenvalue weighted by Crippen LogP contribution is 2.21. The van der Waals surface area contributed by atoms with Crippen molar-refractivity contribution in [2.45, 2.75) is 31.9 Å². The van der Waals surface area contributed by atoms with E-state index in [2.05, 4.69) is 5.10 Å². The largest absolute Gasteiger partial charge is 0.396 e. The molecule has 0 aliphatic carbocycles. The molecule has 0 bridgehead atoms. The van der Waals surface area contributed by atoms with Crippen LogP contribution in [0.15, 0.2) is 0 Å². The third-order valence-corrected chi connectivity index (χ3v) is 4.86. The number of unbranched alkanes of at least 4 members (excludes halogenated alkanes) is 2. The molecule has 0 amide bonds. The smallest absolute Gasteiger partial charge is 0.154 e. The average molecular weight is 295 g/mol. The van der Waals surface area contributed by atoms with Gasteiger partial charge in [0.15, 0.2) is 9.84 Å². The summed E-state index contributed by atoms with van der Waals surface area (Å²) >= 11 is 6.01. The van der Waals surface area contributed by atoms with Crippen LogP contribution in [0.3, 0.4) is 0 Å². The maximum atomic E-state index is 11.9. The molecule has 1 N–H and O–H groups in total. The van der Waals surface area contributed by atoms with Gasteiger partial charge in [-0.2, -0.15) is 5.10 Å². The predicted octanol–water partition coefficient (Wildman–Crippen LogP) is 1.46. The molecule has 0 saturated heterocycles. The molecule has 1 aromatic heterocycles. The van der Waals surface area contributed by atoms with E-state index < -0.39 is 9.84 Å². The van der Waals surface area contributed by atoms with Crippen molar-refractivity contribution in [3.8, 4) is 0 Å². The van der Waals surface area contributed by atoms with Gasteiger partial charge in [0.1, 0.15) is 5.15 Å². The van der Waals surface area contributed by atoms with Crippen LogP contribution in [0.25, 0.3) is 0 Å². The summed E-state index contributed by atoms with van der Waals surface area (Å²) < 4.78 is 25.3. The van der Waals surface area contributed by atoms with Gasteiger partial charge in [-0.25, -0.2) is 8.42 Å². The Kier molecular flexibility index (Phi) is 5.62. The molecule has 0 aliphatic heterocycles. The van der Waals surface area contributed by atoms with Crippen molar-refractivity contribution in [2.75, 3.05) is 12.4 Å². The van der Waals surface area contributed by atoms with Gasteiger partial charge in [-0.15, -0.1) is 0 Å². The van der Waals surface area contributed by atoms with Gasteiger partial charge in [0.05, 0.1) is 17.2 Å². The zero-order valence-corrected chi connectivity index (χ0v) is 12.3. The Labute approximate surface area is 113 Å². The van der Waals surface area contributed by atoms with Crippen LogP contribution in [0.5, 0.6) is 0 Å². The molecule has 0 spiro atoms. The Morgan fingerprint density at radius 2 is 2.00 bits per heavy atom. The number of aryl methyl sites for hydroxylation is 2. The van der Waals surface area contributed by atoms with Gasteiger partial charge < -0.3 is 5.11 Å². The lowest BCUT2D eigenvalue weighted by molar-refractivity contribution is 0.284. The summed E-state index contributed by atoms with van der Waals surface area (Å²) in [6.07, 6.45) is 1.93. The maximum Gasteiger partial charge on any atom is 0.154 e. The first-order chi connectivity index (χ1) is 8.37. The number of nitrogens with zero attached hydrogens (tertiary/aromatic N) is 2. The second kappa shape index (κ2) is 6.54. The van der Waals surface area contributed by atoms with Crippen LogP contribution in [0, 0.1) is 6.92 Å². The fourth-order valence-electron chi connectivity index (χ4n) is 1.74. The van der Waals surface area contributed by atoms with Gasteiger partial charge in [0.2, 0.25) is 0 Å². The molecule has 0 fully saturated rings. The molecular weight excluding hydrogens is 276 g/mol. The third kappa shape index (κ3) is 4.26. The van der Waals surface area contributed by atoms with Crippen LogP contribution in [0.1, 0.15) is 30.5 Å². The van der Waals surface area contributed by atoms with Crippen LogP contribution < -0.4 is 0 Å². The van der Waals surface area contributed by atoms with Gasteiger partial charge in [-0.3, -0.25) is 4.68 Å². The van der Waals surface area contributed by atoms with Crippen LogP contribution in [0.4, 0.5) is 0 Å². The monoisotopic (exact) mass is 294 g/mol. The molecule has 0 aromatic carbocycles. The maximum absolute atomic E-state index is 11.9. The summed E-state index contributed by atoms with van der Waals surface area (Å²) in [6.45, 7) is 1.86. The highest BCUT2D eigenvalue weighted by atomic mass is 35.5. The summed E-state index contributed by atoms with van der Waals surface area (Å²) in [6, 6.07) is 0. The minimum absolute atomic E-state index is 0.0648. The summed E-state index contributed by atoms with van der Waals surface area (Å²) in [4.78, 5) is 0. The van der Waals surface area contributed by atoms with E-state index in [9.17, 15) is 8.42 Å². The molecule has 0 saturated carbocycles. The number of sulfone groups is 1. The van der Waals surface area contributed by atoms with E-state index in [0.717, 1.165) is 6.42 Å². The quantitative estimate of drug-likeness (QED) is 0.773. The fraction of sp³-hybridized carbons (Fsp3) is 0.727. The van der Waals surface area contributed by atoms with Crippen molar-refractivity contribution < 1.29 is 13.5 Å². The molecule has 7 heteroatoms. The minimum atomic E-state index is -3.17. The van der Waals surface area contributed by atoms with Gasteiger partial charge >= 0.3 is 0 Å². The number of rotatable bonds is 7. The zero-order valence-electron chi connectivity index (χ0n) is 10.7. The molecule has 5 nitrogen and oxygen atoms in total. The standard InChI is InChI=1S/C11H19ClN2O3S/c1-9-10(11(12)14(2)13-9)8-18(16,17)7-5-3-4-6-15/h15H,3-8H2,1-2H3. The van der Waals surface area contributed by atoms with E-state index >= 15 is 0 Å². The SMILES string of the molecule is Cc1nn(C)c(Cl)c1CS(=O)(=O)CCCCCO. The van der Waals surface area contributed by atoms with Crippen LogP contribution in [-0.2, 0) is 22.6 Å². The van der Waals surface area contributed by atoms with Crippen LogP contribution in [0.2, 0.25) is 5.15 Å². The predicted molar refractivity (Wildman–Crippen MR) is 71.4 cm³/mol. The normalized spacial score (nSPS) is 12.0. The Morgan fingerprint density at radius 1 is 1.33 bits per heavy atom. The van der Waals surface area contributed by atoms with Crippen molar-refractivity contribution in [2.24, 2.45) is 7.05 Å². The van der Waals surface area contributed by atoms with E-state index in [-0.39, 0.29) is 18.1 Å². The number of aliphatic hydroxyl groups is 1. The van der Waals surface area contributed by atoms with Gasteiger partial charge in [-0.1, -0.05) is 18.0 Å². The average Bonchev–Trinajstić information content (AvgIpc) is 2.51. The van der Waals surface area contributed by atoms with Crippen molar-refractivity contribution in [1.82, 2.24) is 9.78 Å². The first-order valence-corrected chi connectivity index (χ1v) is 8.06. The van der Waals surface area contributed by atoms with E-state index in [1.54, 1.807) is 14.0 Å². The lowest BCUT2D eigenvalue weighted by atomic mass is 10.3. The number of hydrogen-bond donors (Lipinski definition) is 1. The third-order valence-electron chi connectivity index (χ3n) is 2.75. The van der Waals surface area contributed by atoms with Gasteiger partial charge in [0, 0.05) is 19.2 Å². The Morgan fingerprint density at radius 3 is 2.50 bits per heavy atom. The fourth-order valence-corrected chi connectivity index (χ4v) is 3.63. The van der Waals surface area contributed by atoms with Crippen molar-refractivity contribution in [3.05, 3.63) is 16.4 Å². The van der Waals surface area contributed by atoms with Crippen LogP contribution >= 0.6 is 11.6 Å². The minimum Gasteiger partial charge on any atom is -0.396 e. The molecule has 0 aliphatic rings. The van der Waals surface area contributed by atoms with Gasteiger partial charge in [0.25, 0.3) is 0 Å². The summed E-state index contributed by atoms with van der Waals surface area (Å²) in [5.74, 6) is 0.0578. The first-order valence-electron chi connectivity index (χ1n) is 5.86. The Bertz CT molecular complexity index is 497. The van der Waals surface area contributed by atoms with Crippen molar-refractivity contribution in [3.63, 3.8) is 0 Å². The second-order valence-corrected chi connectivity index (χ2v) is 6.90. The topological polar surface area (TPSA) is 72.2 Å². The summed E-state index contributed by atoms with van der Waals surface area (Å²) in [7, 11) is -1.48. The number of hydrogen-bond acceptors (Lipinski definition) is 4. The number of aromatic nitrogens is 2. The molecule has 104 valence electrons. The van der Waals surface area contributed by atoms with E-state index in [4.69, 9.17) is 16.7 Å². The Hall–Kier alpha value is -0.590. The molecule has 0 atom stereocenters. The van der Waals surface area contributed by atoms with E-state index in [1.165, 1.54) is 4.68 Å². The number of halogens is 1.